The molecule has 1 aliphatic rings. The maximum absolute atomic E-state index is 13.1. The molecule has 0 atom stereocenters. The molecule has 6 heteroatoms. The van der Waals surface area contributed by atoms with Crippen LogP contribution in [-0.4, -0.2) is 75.9 Å². The lowest BCUT2D eigenvalue weighted by atomic mass is 10.1. The average Bonchev–Trinajstić information content (AvgIpc) is 2.46. The van der Waals surface area contributed by atoms with Crippen molar-refractivity contribution in [2.45, 2.75) is 32.1 Å². The lowest BCUT2D eigenvalue weighted by Gasteiger charge is -2.34. The van der Waals surface area contributed by atoms with E-state index < -0.39 is 10.0 Å². The second kappa shape index (κ2) is 7.95. The first-order valence-electron chi connectivity index (χ1n) is 8.67. The van der Waals surface area contributed by atoms with Crippen LogP contribution in [0.15, 0.2) is 17.0 Å². The van der Waals surface area contributed by atoms with Crippen molar-refractivity contribution in [3.05, 3.63) is 28.8 Å². The van der Waals surface area contributed by atoms with E-state index in [1.807, 2.05) is 32.9 Å². The van der Waals surface area contributed by atoms with Crippen LogP contribution < -0.4 is 0 Å². The van der Waals surface area contributed by atoms with Crippen molar-refractivity contribution in [2.75, 3.05) is 53.4 Å². The van der Waals surface area contributed by atoms with Crippen LogP contribution in [0.1, 0.15) is 23.1 Å². The van der Waals surface area contributed by atoms with E-state index in [4.69, 9.17) is 0 Å². The lowest BCUT2D eigenvalue weighted by Crippen LogP contribution is -2.49. The Bertz CT molecular complexity index is 640. The minimum atomic E-state index is -3.40. The number of sulfonamides is 1. The van der Waals surface area contributed by atoms with Gasteiger partial charge < -0.3 is 9.80 Å². The van der Waals surface area contributed by atoms with E-state index in [1.165, 1.54) is 0 Å². The van der Waals surface area contributed by atoms with Gasteiger partial charge in [0.2, 0.25) is 10.0 Å². The second-order valence-corrected chi connectivity index (χ2v) is 9.01. The molecule has 2 rings (SSSR count). The zero-order chi connectivity index (χ0) is 17.9. The smallest absolute Gasteiger partial charge is 0.243 e. The molecule has 1 fully saturated rings. The van der Waals surface area contributed by atoms with Crippen LogP contribution in [0.4, 0.5) is 0 Å². The van der Waals surface area contributed by atoms with Gasteiger partial charge in [0.1, 0.15) is 0 Å². The molecular formula is C18H31N3O2S. The normalized spacial score (nSPS) is 17.6. The van der Waals surface area contributed by atoms with Gasteiger partial charge in [-0.25, -0.2) is 8.42 Å². The summed E-state index contributed by atoms with van der Waals surface area (Å²) >= 11 is 0. The zero-order valence-corrected chi connectivity index (χ0v) is 16.5. The summed E-state index contributed by atoms with van der Waals surface area (Å²) < 4.78 is 27.8. The summed E-state index contributed by atoms with van der Waals surface area (Å²) in [7, 11) is 0.761. The standard InChI is InChI=1S/C18H31N3O2S/c1-15-13-16(2)18(17(3)14-15)24(22,23)21-11-9-20(10-12-21)8-6-7-19(4)5/h13-14H,6-12H2,1-5H3. The summed E-state index contributed by atoms with van der Waals surface area (Å²) in [5.41, 5.74) is 2.80. The van der Waals surface area contributed by atoms with Crippen LogP contribution in [0.2, 0.25) is 0 Å². The Hall–Kier alpha value is -0.950. The number of nitrogens with zero attached hydrogens (tertiary/aromatic N) is 3. The van der Waals surface area contributed by atoms with Gasteiger partial charge in [0, 0.05) is 26.2 Å². The molecule has 0 radical (unpaired) electrons. The summed E-state index contributed by atoms with van der Waals surface area (Å²) in [6, 6.07) is 3.91. The fraction of sp³-hybridized carbons (Fsp3) is 0.667. The summed E-state index contributed by atoms with van der Waals surface area (Å²) in [6.07, 6.45) is 1.12. The predicted octanol–water partition coefficient (Wildman–Crippen LogP) is 1.87. The second-order valence-electron chi connectivity index (χ2n) is 7.13. The molecule has 0 amide bonds. The third-order valence-electron chi connectivity index (χ3n) is 4.61. The van der Waals surface area contributed by atoms with E-state index in [0.29, 0.717) is 18.0 Å². The molecule has 0 spiro atoms. The van der Waals surface area contributed by atoms with Gasteiger partial charge >= 0.3 is 0 Å². The summed E-state index contributed by atoms with van der Waals surface area (Å²) in [6.45, 7) is 10.7. The van der Waals surface area contributed by atoms with Crippen molar-refractivity contribution in [2.24, 2.45) is 0 Å². The zero-order valence-electron chi connectivity index (χ0n) is 15.7. The van der Waals surface area contributed by atoms with Gasteiger partial charge in [-0.1, -0.05) is 17.7 Å². The summed E-state index contributed by atoms with van der Waals surface area (Å²) in [5.74, 6) is 0. The Kier molecular flexibility index (Phi) is 6.42. The molecule has 1 saturated heterocycles. The highest BCUT2D eigenvalue weighted by Crippen LogP contribution is 2.26. The molecule has 0 bridgehead atoms. The molecule has 5 nitrogen and oxygen atoms in total. The molecule has 136 valence electrons. The molecule has 1 aliphatic heterocycles. The third-order valence-corrected chi connectivity index (χ3v) is 6.82. The van der Waals surface area contributed by atoms with Crippen molar-refractivity contribution in [3.8, 4) is 0 Å². The van der Waals surface area contributed by atoms with Crippen molar-refractivity contribution >= 4 is 10.0 Å². The maximum Gasteiger partial charge on any atom is 0.243 e. The number of hydrogen-bond acceptors (Lipinski definition) is 4. The van der Waals surface area contributed by atoms with Crippen LogP contribution >= 0.6 is 0 Å². The van der Waals surface area contributed by atoms with Crippen LogP contribution in [0.5, 0.6) is 0 Å². The van der Waals surface area contributed by atoms with Gasteiger partial charge in [-0.05, 0) is 65.5 Å². The van der Waals surface area contributed by atoms with E-state index in [0.717, 1.165) is 49.3 Å². The van der Waals surface area contributed by atoms with Crippen LogP contribution in [0.3, 0.4) is 0 Å². The molecule has 1 aromatic carbocycles. The first kappa shape index (κ1) is 19.4. The Balaban J connectivity index is 2.03. The van der Waals surface area contributed by atoms with E-state index in [9.17, 15) is 8.42 Å². The fourth-order valence-corrected chi connectivity index (χ4v) is 5.34. The van der Waals surface area contributed by atoms with Crippen molar-refractivity contribution < 1.29 is 8.42 Å². The topological polar surface area (TPSA) is 43.9 Å². The van der Waals surface area contributed by atoms with E-state index in [-0.39, 0.29) is 0 Å². The van der Waals surface area contributed by atoms with Crippen LogP contribution in [0, 0.1) is 20.8 Å². The Labute approximate surface area is 147 Å². The maximum atomic E-state index is 13.1. The first-order valence-corrected chi connectivity index (χ1v) is 10.1. The highest BCUT2D eigenvalue weighted by atomic mass is 32.2. The highest BCUT2D eigenvalue weighted by molar-refractivity contribution is 7.89. The van der Waals surface area contributed by atoms with E-state index >= 15 is 0 Å². The average molecular weight is 354 g/mol. The SMILES string of the molecule is Cc1cc(C)c(S(=O)(=O)N2CCN(CCCN(C)C)CC2)c(C)c1. The van der Waals surface area contributed by atoms with Crippen molar-refractivity contribution in [1.29, 1.82) is 0 Å². The minimum Gasteiger partial charge on any atom is -0.309 e. The quantitative estimate of drug-likeness (QED) is 0.783. The Morgan fingerprint density at radius 3 is 2.04 bits per heavy atom. The van der Waals surface area contributed by atoms with Crippen LogP contribution in [0.25, 0.3) is 0 Å². The fourth-order valence-electron chi connectivity index (χ4n) is 3.51. The molecule has 1 heterocycles. The number of benzene rings is 1. The Morgan fingerprint density at radius 2 is 1.54 bits per heavy atom. The lowest BCUT2D eigenvalue weighted by molar-refractivity contribution is 0.181. The Morgan fingerprint density at radius 1 is 1.00 bits per heavy atom. The van der Waals surface area contributed by atoms with Crippen molar-refractivity contribution in [1.82, 2.24) is 14.1 Å². The molecule has 0 aliphatic carbocycles. The van der Waals surface area contributed by atoms with E-state index in [1.54, 1.807) is 4.31 Å². The summed E-state index contributed by atoms with van der Waals surface area (Å²) in [4.78, 5) is 5.04. The summed E-state index contributed by atoms with van der Waals surface area (Å²) in [5, 5.41) is 0. The van der Waals surface area contributed by atoms with E-state index in [2.05, 4.69) is 23.9 Å². The number of piperazine rings is 1. The molecule has 0 aromatic heterocycles. The van der Waals surface area contributed by atoms with Crippen LogP contribution in [-0.2, 0) is 10.0 Å². The first-order chi connectivity index (χ1) is 11.2. The third kappa shape index (κ3) is 4.57. The van der Waals surface area contributed by atoms with Gasteiger partial charge in [-0.3, -0.25) is 0 Å². The molecule has 0 unspecified atom stereocenters. The van der Waals surface area contributed by atoms with Gasteiger partial charge in [0.05, 0.1) is 4.90 Å². The molecule has 0 N–H and O–H groups in total. The van der Waals surface area contributed by atoms with Gasteiger partial charge in [-0.15, -0.1) is 0 Å². The largest absolute Gasteiger partial charge is 0.309 e. The van der Waals surface area contributed by atoms with Gasteiger partial charge in [-0.2, -0.15) is 4.31 Å². The van der Waals surface area contributed by atoms with Crippen molar-refractivity contribution in [3.63, 3.8) is 0 Å². The molecule has 24 heavy (non-hydrogen) atoms. The van der Waals surface area contributed by atoms with Gasteiger partial charge in [0.25, 0.3) is 0 Å². The predicted molar refractivity (Wildman–Crippen MR) is 99.0 cm³/mol. The molecular weight excluding hydrogens is 322 g/mol. The van der Waals surface area contributed by atoms with Gasteiger partial charge in [0.15, 0.2) is 0 Å². The minimum absolute atomic E-state index is 0.495. The monoisotopic (exact) mass is 353 g/mol. The number of hydrogen-bond donors (Lipinski definition) is 0. The highest BCUT2D eigenvalue weighted by Gasteiger charge is 2.30. The number of aryl methyl sites for hydroxylation is 3. The molecule has 1 aromatic rings. The number of rotatable bonds is 6. The molecule has 0 saturated carbocycles.